The molecule has 0 aromatic carbocycles. The molecule has 0 N–H and O–H groups in total. The van der Waals surface area contributed by atoms with Gasteiger partial charge in [-0.15, -0.1) is 11.3 Å². The predicted octanol–water partition coefficient (Wildman–Crippen LogP) is 2.56. The topological polar surface area (TPSA) is 56.3 Å². The van der Waals surface area contributed by atoms with E-state index in [2.05, 4.69) is 4.98 Å². The van der Waals surface area contributed by atoms with Crippen LogP contribution in [0.3, 0.4) is 0 Å². The molecule has 0 atom stereocenters. The van der Waals surface area contributed by atoms with Gasteiger partial charge in [0.2, 0.25) is 0 Å². The maximum atomic E-state index is 11.4. The fourth-order valence-electron chi connectivity index (χ4n) is 1.41. The molecule has 1 rings (SSSR count). The number of nitrogens with zero attached hydrogens (tertiary/aromatic N) is 1. The van der Waals surface area contributed by atoms with E-state index in [1.165, 1.54) is 6.92 Å². The Morgan fingerprint density at radius 2 is 2.00 bits per heavy atom. The van der Waals surface area contributed by atoms with E-state index < -0.39 is 0 Å². The number of esters is 1. The zero-order valence-corrected chi connectivity index (χ0v) is 11.2. The number of hydrogen-bond acceptors (Lipinski definition) is 5. The maximum Gasteiger partial charge on any atom is 0.306 e. The second-order valence-corrected chi connectivity index (χ2v) is 5.36. The number of ketones is 1. The van der Waals surface area contributed by atoms with Crippen LogP contribution in [0.2, 0.25) is 0 Å². The SMILES string of the molecule is CC(=O)CCCC(=O)OCc1nc(C)sc1C. The van der Waals surface area contributed by atoms with E-state index in [9.17, 15) is 9.59 Å². The van der Waals surface area contributed by atoms with E-state index in [1.807, 2.05) is 13.8 Å². The third kappa shape index (κ3) is 5.08. The van der Waals surface area contributed by atoms with Gasteiger partial charge in [0.05, 0.1) is 10.7 Å². The number of Topliss-reactive ketones (excluding diaryl/α,β-unsaturated/α-hetero) is 1. The number of hydrogen-bond donors (Lipinski definition) is 0. The Morgan fingerprint density at radius 1 is 1.29 bits per heavy atom. The van der Waals surface area contributed by atoms with Crippen molar-refractivity contribution in [2.24, 2.45) is 0 Å². The predicted molar refractivity (Wildman–Crippen MR) is 65.9 cm³/mol. The Labute approximate surface area is 105 Å². The minimum atomic E-state index is -0.267. The van der Waals surface area contributed by atoms with Gasteiger partial charge in [-0.05, 0) is 27.2 Å². The first-order valence-electron chi connectivity index (χ1n) is 5.57. The van der Waals surface area contributed by atoms with Crippen molar-refractivity contribution in [2.45, 2.75) is 46.6 Å². The van der Waals surface area contributed by atoms with Gasteiger partial charge in [-0.1, -0.05) is 0 Å². The normalized spacial score (nSPS) is 10.3. The van der Waals surface area contributed by atoms with Crippen molar-refractivity contribution in [1.29, 1.82) is 0 Å². The molecule has 1 aromatic rings. The van der Waals surface area contributed by atoms with Crippen molar-refractivity contribution in [3.63, 3.8) is 0 Å². The van der Waals surface area contributed by atoms with Gasteiger partial charge in [0.15, 0.2) is 0 Å². The molecule has 0 bridgehead atoms. The lowest BCUT2D eigenvalue weighted by molar-refractivity contribution is -0.145. The highest BCUT2D eigenvalue weighted by Crippen LogP contribution is 2.17. The number of carbonyl (C=O) groups excluding carboxylic acids is 2. The Morgan fingerprint density at radius 3 is 2.53 bits per heavy atom. The van der Waals surface area contributed by atoms with Crippen LogP contribution in [0.15, 0.2) is 0 Å². The van der Waals surface area contributed by atoms with Crippen LogP contribution in [0.4, 0.5) is 0 Å². The van der Waals surface area contributed by atoms with Crippen LogP contribution in [-0.2, 0) is 20.9 Å². The smallest absolute Gasteiger partial charge is 0.306 e. The lowest BCUT2D eigenvalue weighted by Crippen LogP contribution is -2.06. The van der Waals surface area contributed by atoms with Crippen LogP contribution in [0.1, 0.15) is 41.8 Å². The molecule has 0 aliphatic rings. The van der Waals surface area contributed by atoms with Gasteiger partial charge in [-0.25, -0.2) is 4.98 Å². The molecule has 0 unspecified atom stereocenters. The number of ether oxygens (including phenoxy) is 1. The monoisotopic (exact) mass is 255 g/mol. The molecule has 0 radical (unpaired) electrons. The Balaban J connectivity index is 2.28. The number of aryl methyl sites for hydroxylation is 2. The van der Waals surface area contributed by atoms with Gasteiger partial charge >= 0.3 is 5.97 Å². The summed E-state index contributed by atoms with van der Waals surface area (Å²) < 4.78 is 5.10. The van der Waals surface area contributed by atoms with Crippen LogP contribution >= 0.6 is 11.3 Å². The minimum Gasteiger partial charge on any atom is -0.459 e. The molecule has 5 heteroatoms. The Kier molecular flexibility index (Phi) is 5.28. The molecule has 0 aliphatic carbocycles. The number of carbonyl (C=O) groups is 2. The minimum absolute atomic E-state index is 0.101. The second kappa shape index (κ2) is 6.49. The summed E-state index contributed by atoms with van der Waals surface area (Å²) in [6.45, 7) is 5.64. The van der Waals surface area contributed by atoms with Gasteiger partial charge in [0.25, 0.3) is 0 Å². The third-order valence-corrected chi connectivity index (χ3v) is 3.21. The van der Waals surface area contributed by atoms with Crippen molar-refractivity contribution in [3.8, 4) is 0 Å². The van der Waals surface area contributed by atoms with Gasteiger partial charge < -0.3 is 9.53 Å². The van der Waals surface area contributed by atoms with Crippen molar-refractivity contribution < 1.29 is 14.3 Å². The average molecular weight is 255 g/mol. The standard InChI is InChI=1S/C12H17NO3S/c1-8(14)5-4-6-12(15)16-7-11-9(2)17-10(3)13-11/h4-7H2,1-3H3. The summed E-state index contributed by atoms with van der Waals surface area (Å²) in [5, 5.41) is 0.977. The van der Waals surface area contributed by atoms with Gasteiger partial charge in [-0.2, -0.15) is 0 Å². The van der Waals surface area contributed by atoms with Crippen molar-refractivity contribution in [2.75, 3.05) is 0 Å². The summed E-state index contributed by atoms with van der Waals surface area (Å²) in [4.78, 5) is 27.4. The molecule has 94 valence electrons. The summed E-state index contributed by atoms with van der Waals surface area (Å²) in [5.41, 5.74) is 0.826. The van der Waals surface area contributed by atoms with E-state index in [-0.39, 0.29) is 18.4 Å². The first-order valence-corrected chi connectivity index (χ1v) is 6.38. The highest BCUT2D eigenvalue weighted by Gasteiger charge is 2.08. The molecule has 0 aliphatic heterocycles. The van der Waals surface area contributed by atoms with Crippen LogP contribution in [-0.4, -0.2) is 16.7 Å². The van der Waals surface area contributed by atoms with Crippen molar-refractivity contribution >= 4 is 23.1 Å². The zero-order chi connectivity index (χ0) is 12.8. The van der Waals surface area contributed by atoms with E-state index in [4.69, 9.17) is 4.74 Å². The molecule has 0 saturated heterocycles. The molecule has 0 saturated carbocycles. The molecule has 1 heterocycles. The van der Waals surface area contributed by atoms with Crippen LogP contribution < -0.4 is 0 Å². The lowest BCUT2D eigenvalue weighted by atomic mass is 10.2. The summed E-state index contributed by atoms with van der Waals surface area (Å²) in [6, 6.07) is 0. The van der Waals surface area contributed by atoms with Gasteiger partial charge in [-0.3, -0.25) is 4.79 Å². The quantitative estimate of drug-likeness (QED) is 0.733. The molecule has 0 amide bonds. The number of thiazole rings is 1. The van der Waals surface area contributed by atoms with E-state index in [1.54, 1.807) is 11.3 Å². The van der Waals surface area contributed by atoms with Crippen molar-refractivity contribution in [1.82, 2.24) is 4.98 Å². The van der Waals surface area contributed by atoms with Crippen LogP contribution in [0.5, 0.6) is 0 Å². The highest BCUT2D eigenvalue weighted by molar-refractivity contribution is 7.11. The molecule has 1 aromatic heterocycles. The summed E-state index contributed by atoms with van der Waals surface area (Å²) in [5.74, 6) is -0.167. The molecular weight excluding hydrogens is 238 g/mol. The fraction of sp³-hybridized carbons (Fsp3) is 0.583. The van der Waals surface area contributed by atoms with E-state index >= 15 is 0 Å². The van der Waals surface area contributed by atoms with Crippen LogP contribution in [0.25, 0.3) is 0 Å². The molecular formula is C12H17NO3S. The third-order valence-electron chi connectivity index (χ3n) is 2.28. The maximum absolute atomic E-state index is 11.4. The largest absolute Gasteiger partial charge is 0.459 e. The van der Waals surface area contributed by atoms with Crippen molar-refractivity contribution in [3.05, 3.63) is 15.6 Å². The Bertz CT molecular complexity index is 412. The zero-order valence-electron chi connectivity index (χ0n) is 10.4. The molecule has 4 nitrogen and oxygen atoms in total. The fourth-order valence-corrected chi connectivity index (χ4v) is 2.23. The van der Waals surface area contributed by atoms with E-state index in [0.29, 0.717) is 19.3 Å². The van der Waals surface area contributed by atoms with Gasteiger partial charge in [0, 0.05) is 17.7 Å². The first kappa shape index (κ1) is 13.8. The molecule has 17 heavy (non-hydrogen) atoms. The van der Waals surface area contributed by atoms with E-state index in [0.717, 1.165) is 15.6 Å². The lowest BCUT2D eigenvalue weighted by Gasteiger charge is -2.02. The summed E-state index contributed by atoms with van der Waals surface area (Å²) in [7, 11) is 0. The van der Waals surface area contributed by atoms with Crippen LogP contribution in [0, 0.1) is 13.8 Å². The molecule has 0 spiro atoms. The average Bonchev–Trinajstić information content (AvgIpc) is 2.54. The summed E-state index contributed by atoms with van der Waals surface area (Å²) >= 11 is 1.60. The highest BCUT2D eigenvalue weighted by atomic mass is 32.1. The molecule has 0 fully saturated rings. The number of rotatable bonds is 6. The second-order valence-electron chi connectivity index (χ2n) is 3.95. The number of aromatic nitrogens is 1. The summed E-state index contributed by atoms with van der Waals surface area (Å²) in [6.07, 6.45) is 1.29. The van der Waals surface area contributed by atoms with Gasteiger partial charge in [0.1, 0.15) is 12.4 Å². The Hall–Kier alpha value is -1.23. The first-order chi connectivity index (χ1) is 7.99.